The maximum atomic E-state index is 10.8. The number of hydrogen-bond acceptors (Lipinski definition) is 4. The summed E-state index contributed by atoms with van der Waals surface area (Å²) in [6, 6.07) is 0. The van der Waals surface area contributed by atoms with Crippen molar-refractivity contribution in [3.63, 3.8) is 0 Å². The summed E-state index contributed by atoms with van der Waals surface area (Å²) in [5, 5.41) is 0. The molecule has 0 aromatic heterocycles. The van der Waals surface area contributed by atoms with Gasteiger partial charge in [-0.3, -0.25) is 0 Å². The largest absolute Gasteiger partial charge is 0.508 e. The fraction of sp³-hybridized carbons (Fsp3) is 0.900. The fourth-order valence-electron chi connectivity index (χ4n) is 0.635. The predicted molar refractivity (Wildman–Crippen MR) is 55.4 cm³/mol. The minimum Gasteiger partial charge on any atom is -0.432 e. The monoisotopic (exact) mass is 206 g/mol. The molecule has 0 aliphatic carbocycles. The molecule has 4 nitrogen and oxygen atoms in total. The van der Waals surface area contributed by atoms with Gasteiger partial charge in [-0.25, -0.2) is 4.79 Å². The highest BCUT2D eigenvalue weighted by molar-refractivity contribution is 5.59. The van der Waals surface area contributed by atoms with E-state index in [1.807, 2.05) is 13.8 Å². The third kappa shape index (κ3) is 11.2. The van der Waals surface area contributed by atoms with E-state index in [9.17, 15) is 4.79 Å². The summed E-state index contributed by atoms with van der Waals surface area (Å²) >= 11 is 0. The molecule has 0 rings (SSSR count). The number of carbonyl (C=O) groups excluding carboxylic acids is 1. The topological polar surface area (TPSA) is 44.8 Å². The molecule has 0 heterocycles. The van der Waals surface area contributed by atoms with Crippen LogP contribution in [-0.2, 0) is 14.2 Å². The average Bonchev–Trinajstić information content (AvgIpc) is 1.96. The molecule has 0 atom stereocenters. The van der Waals surface area contributed by atoms with Gasteiger partial charge < -0.3 is 14.2 Å². The second-order valence-electron chi connectivity index (χ2n) is 3.18. The molecule has 0 aromatic rings. The molecule has 0 unspecified atom stereocenters. The van der Waals surface area contributed by atoms with Crippen LogP contribution in [-0.4, -0.2) is 31.6 Å². The molecule has 0 aromatic carbocycles. The van der Waals surface area contributed by atoms with Crippen molar-refractivity contribution in [2.75, 3.05) is 13.2 Å². The third-order valence-corrected chi connectivity index (χ3v) is 1.09. The molecule has 0 bridgehead atoms. The molecule has 0 aliphatic rings. The van der Waals surface area contributed by atoms with Crippen LogP contribution in [0, 0.1) is 0 Å². The summed E-state index contributed by atoms with van der Waals surface area (Å²) in [7, 11) is 0. The first-order valence-corrected chi connectivity index (χ1v) is 4.47. The van der Waals surface area contributed by atoms with Gasteiger partial charge in [-0.1, -0.05) is 7.43 Å². The molecule has 0 radical (unpaired) electrons. The van der Waals surface area contributed by atoms with Gasteiger partial charge in [0.1, 0.15) is 6.61 Å². The summed E-state index contributed by atoms with van der Waals surface area (Å²) in [6.07, 6.45) is -0.620. The van der Waals surface area contributed by atoms with E-state index in [1.54, 1.807) is 13.8 Å². The Morgan fingerprint density at radius 2 is 1.64 bits per heavy atom. The highest BCUT2D eigenvalue weighted by Crippen LogP contribution is 1.93. The Hall–Kier alpha value is -0.770. The predicted octanol–water partition coefficient (Wildman–Crippen LogP) is 2.61. The first-order chi connectivity index (χ1) is 6.02. The molecule has 0 spiro atoms. The maximum Gasteiger partial charge on any atom is 0.508 e. The van der Waals surface area contributed by atoms with Crippen LogP contribution in [0.1, 0.15) is 35.1 Å². The lowest BCUT2D eigenvalue weighted by molar-refractivity contribution is 0.00114. The van der Waals surface area contributed by atoms with Gasteiger partial charge in [0, 0.05) is 0 Å². The lowest BCUT2D eigenvalue weighted by Gasteiger charge is -2.09. The molecular weight excluding hydrogens is 184 g/mol. The van der Waals surface area contributed by atoms with Gasteiger partial charge in [0.05, 0.1) is 18.8 Å². The van der Waals surface area contributed by atoms with Crippen molar-refractivity contribution in [2.24, 2.45) is 0 Å². The van der Waals surface area contributed by atoms with Gasteiger partial charge in [-0.2, -0.15) is 0 Å². The molecule has 14 heavy (non-hydrogen) atoms. The van der Waals surface area contributed by atoms with E-state index in [0.29, 0.717) is 6.61 Å². The van der Waals surface area contributed by atoms with Crippen LogP contribution in [0.25, 0.3) is 0 Å². The van der Waals surface area contributed by atoms with Crippen molar-refractivity contribution >= 4 is 6.16 Å². The van der Waals surface area contributed by atoms with Gasteiger partial charge in [0.25, 0.3) is 0 Å². The molecule has 0 aliphatic heterocycles. The Balaban J connectivity index is 0. The zero-order valence-corrected chi connectivity index (χ0v) is 8.70. The quantitative estimate of drug-likeness (QED) is 0.512. The molecule has 0 saturated heterocycles. The van der Waals surface area contributed by atoms with Crippen LogP contribution in [0.5, 0.6) is 0 Å². The second-order valence-corrected chi connectivity index (χ2v) is 3.18. The van der Waals surface area contributed by atoms with Crippen LogP contribution < -0.4 is 0 Å². The number of carbonyl (C=O) groups is 1. The number of ether oxygens (including phenoxy) is 3. The van der Waals surface area contributed by atoms with Gasteiger partial charge >= 0.3 is 6.16 Å². The summed E-state index contributed by atoms with van der Waals surface area (Å²) in [5.74, 6) is 0. The first-order valence-electron chi connectivity index (χ1n) is 4.47. The van der Waals surface area contributed by atoms with Crippen molar-refractivity contribution < 1.29 is 19.0 Å². The van der Waals surface area contributed by atoms with Crippen molar-refractivity contribution in [2.45, 2.75) is 47.3 Å². The van der Waals surface area contributed by atoms with Crippen LogP contribution in [0.3, 0.4) is 0 Å². The van der Waals surface area contributed by atoms with E-state index in [-0.39, 0.29) is 26.2 Å². The highest BCUT2D eigenvalue weighted by Gasteiger charge is 2.05. The molecule has 0 saturated carbocycles. The Kier molecular flexibility index (Phi) is 9.88. The Morgan fingerprint density at radius 3 is 2.07 bits per heavy atom. The third-order valence-electron chi connectivity index (χ3n) is 1.09. The Morgan fingerprint density at radius 1 is 1.07 bits per heavy atom. The fourth-order valence-corrected chi connectivity index (χ4v) is 0.635. The lowest BCUT2D eigenvalue weighted by Crippen LogP contribution is -2.17. The molecule has 0 fully saturated rings. The Bertz CT molecular complexity index is 143. The summed E-state index contributed by atoms with van der Waals surface area (Å²) in [4.78, 5) is 10.8. The normalized spacial score (nSPS) is 9.86. The molecule has 4 heteroatoms. The second kappa shape index (κ2) is 8.81. The first kappa shape index (κ1) is 15.7. The van der Waals surface area contributed by atoms with Gasteiger partial charge in [0.15, 0.2) is 0 Å². The summed E-state index contributed by atoms with van der Waals surface area (Å²) < 4.78 is 14.6. The van der Waals surface area contributed by atoms with Gasteiger partial charge in [0.2, 0.25) is 0 Å². The number of rotatable bonds is 5. The van der Waals surface area contributed by atoms with Crippen LogP contribution in [0.15, 0.2) is 0 Å². The Labute approximate surface area is 86.5 Å². The van der Waals surface area contributed by atoms with Crippen LogP contribution >= 0.6 is 0 Å². The van der Waals surface area contributed by atoms with Gasteiger partial charge in [-0.05, 0) is 27.7 Å². The standard InChI is InChI=1S/C9H18O4.CH4/c1-7(2)11-5-6-12-9(10)13-8(3)4;/h7-8H,5-6H2,1-4H3;1H4. The van der Waals surface area contributed by atoms with Crippen LogP contribution in [0.4, 0.5) is 4.79 Å². The maximum absolute atomic E-state index is 10.8. The zero-order valence-electron chi connectivity index (χ0n) is 8.70. The molecular formula is C10H22O4. The lowest BCUT2D eigenvalue weighted by atomic mass is 10.5. The van der Waals surface area contributed by atoms with E-state index in [2.05, 4.69) is 0 Å². The zero-order chi connectivity index (χ0) is 10.3. The molecule has 0 amide bonds. The van der Waals surface area contributed by atoms with Crippen LogP contribution in [0.2, 0.25) is 0 Å². The van der Waals surface area contributed by atoms with Crippen molar-refractivity contribution in [1.82, 2.24) is 0 Å². The SMILES string of the molecule is C.CC(C)OCCOC(=O)OC(C)C. The summed E-state index contributed by atoms with van der Waals surface area (Å²) in [6.45, 7) is 8.03. The minimum atomic E-state index is -0.637. The van der Waals surface area contributed by atoms with E-state index in [4.69, 9.17) is 14.2 Å². The number of hydrogen-bond donors (Lipinski definition) is 0. The van der Waals surface area contributed by atoms with Gasteiger partial charge in [-0.15, -0.1) is 0 Å². The van der Waals surface area contributed by atoms with Crippen molar-refractivity contribution in [3.05, 3.63) is 0 Å². The molecule has 0 N–H and O–H groups in total. The summed E-state index contributed by atoms with van der Waals surface area (Å²) in [5.41, 5.74) is 0. The van der Waals surface area contributed by atoms with E-state index >= 15 is 0 Å². The van der Waals surface area contributed by atoms with E-state index in [0.717, 1.165) is 0 Å². The molecule has 86 valence electrons. The van der Waals surface area contributed by atoms with Crippen molar-refractivity contribution in [3.8, 4) is 0 Å². The average molecular weight is 206 g/mol. The minimum absolute atomic E-state index is 0. The smallest absolute Gasteiger partial charge is 0.432 e. The van der Waals surface area contributed by atoms with E-state index < -0.39 is 6.16 Å². The van der Waals surface area contributed by atoms with E-state index in [1.165, 1.54) is 0 Å². The highest BCUT2D eigenvalue weighted by atomic mass is 16.7. The van der Waals surface area contributed by atoms with Crippen molar-refractivity contribution in [1.29, 1.82) is 0 Å².